The predicted octanol–water partition coefficient (Wildman–Crippen LogP) is 3.83. The molecule has 96 valence electrons. The first-order valence-corrected chi connectivity index (χ1v) is 6.63. The lowest BCUT2D eigenvalue weighted by Gasteiger charge is -2.09. The Bertz CT molecular complexity index is 444. The van der Waals surface area contributed by atoms with Crippen LogP contribution in [-0.2, 0) is 6.42 Å². The van der Waals surface area contributed by atoms with Crippen molar-refractivity contribution >= 4 is 11.7 Å². The van der Waals surface area contributed by atoms with Gasteiger partial charge in [0.25, 0.3) is 0 Å². The first-order chi connectivity index (χ1) is 8.79. The number of rotatable bonds is 3. The normalized spacial score (nSPS) is 14.4. The van der Waals surface area contributed by atoms with Gasteiger partial charge in [0.15, 0.2) is 0 Å². The van der Waals surface area contributed by atoms with Crippen molar-refractivity contribution in [3.05, 3.63) is 41.6 Å². The summed E-state index contributed by atoms with van der Waals surface area (Å²) in [5, 5.41) is 5.70. The third kappa shape index (κ3) is 3.36. The molecule has 0 aliphatic heterocycles. The minimum Gasteiger partial charge on any atom is -0.314 e. The largest absolute Gasteiger partial charge is 0.323 e. The molecule has 2 amide bonds. The summed E-state index contributed by atoms with van der Waals surface area (Å²) < 4.78 is 0. The highest BCUT2D eigenvalue weighted by Crippen LogP contribution is 2.22. The lowest BCUT2D eigenvalue weighted by molar-refractivity contribution is 0.255. The molecule has 0 bridgehead atoms. The highest BCUT2D eigenvalue weighted by molar-refractivity contribution is 5.90. The van der Waals surface area contributed by atoms with Crippen molar-refractivity contribution < 1.29 is 4.79 Å². The first-order valence-electron chi connectivity index (χ1n) is 6.63. The van der Waals surface area contributed by atoms with Gasteiger partial charge in [-0.2, -0.15) is 0 Å². The Kier molecular flexibility index (Phi) is 4.40. The molecule has 1 aromatic rings. The van der Waals surface area contributed by atoms with E-state index in [4.69, 9.17) is 0 Å². The Hall–Kier alpha value is -1.77. The molecule has 0 unspecified atom stereocenters. The molecule has 3 nitrogen and oxygen atoms in total. The smallest absolute Gasteiger partial charge is 0.314 e. The maximum atomic E-state index is 11.8. The molecule has 2 rings (SSSR count). The highest BCUT2D eigenvalue weighted by Gasteiger charge is 2.07. The minimum absolute atomic E-state index is 0.157. The van der Waals surface area contributed by atoms with Crippen LogP contribution in [0.5, 0.6) is 0 Å². The van der Waals surface area contributed by atoms with E-state index in [1.165, 1.54) is 18.4 Å². The van der Waals surface area contributed by atoms with Crippen LogP contribution in [-0.4, -0.2) is 6.03 Å². The fourth-order valence-electron chi connectivity index (χ4n) is 2.25. The van der Waals surface area contributed by atoms with Crippen molar-refractivity contribution in [3.8, 4) is 0 Å². The second-order valence-electron chi connectivity index (χ2n) is 4.62. The summed E-state index contributed by atoms with van der Waals surface area (Å²) in [5.41, 5.74) is 3.39. The van der Waals surface area contributed by atoms with Gasteiger partial charge < -0.3 is 10.6 Å². The van der Waals surface area contributed by atoms with E-state index < -0.39 is 0 Å². The molecule has 0 heterocycles. The Morgan fingerprint density at radius 3 is 2.72 bits per heavy atom. The van der Waals surface area contributed by atoms with E-state index in [0.29, 0.717) is 0 Å². The summed E-state index contributed by atoms with van der Waals surface area (Å²) in [5.74, 6) is 0. The third-order valence-corrected chi connectivity index (χ3v) is 3.30. The summed E-state index contributed by atoms with van der Waals surface area (Å²) in [6.07, 6.45) is 7.49. The van der Waals surface area contributed by atoms with Crippen molar-refractivity contribution in [2.45, 2.75) is 39.0 Å². The third-order valence-electron chi connectivity index (χ3n) is 3.30. The molecule has 1 saturated carbocycles. The van der Waals surface area contributed by atoms with Gasteiger partial charge in [0.2, 0.25) is 0 Å². The number of nitrogens with one attached hydrogen (secondary N) is 2. The molecule has 1 aliphatic carbocycles. The zero-order chi connectivity index (χ0) is 12.8. The van der Waals surface area contributed by atoms with Crippen molar-refractivity contribution in [1.82, 2.24) is 5.32 Å². The maximum absolute atomic E-state index is 11.8. The summed E-state index contributed by atoms with van der Waals surface area (Å²) in [7, 11) is 0. The lowest BCUT2D eigenvalue weighted by Crippen LogP contribution is -2.24. The number of anilines is 1. The van der Waals surface area contributed by atoms with Crippen LogP contribution in [0.1, 0.15) is 38.2 Å². The molecule has 1 aliphatic rings. The minimum atomic E-state index is -0.157. The van der Waals surface area contributed by atoms with E-state index in [2.05, 4.69) is 17.6 Å². The number of carbonyl (C=O) groups is 1. The van der Waals surface area contributed by atoms with Crippen LogP contribution in [0.3, 0.4) is 0 Å². The highest BCUT2D eigenvalue weighted by atomic mass is 16.2. The van der Waals surface area contributed by atoms with Crippen LogP contribution >= 0.6 is 0 Å². The molecule has 0 atom stereocenters. The summed E-state index contributed by atoms with van der Waals surface area (Å²) in [6.45, 7) is 2.08. The topological polar surface area (TPSA) is 41.1 Å². The lowest BCUT2D eigenvalue weighted by atomic mass is 10.1. The Morgan fingerprint density at radius 1 is 1.28 bits per heavy atom. The van der Waals surface area contributed by atoms with Crippen LogP contribution in [0.2, 0.25) is 0 Å². The van der Waals surface area contributed by atoms with Crippen LogP contribution < -0.4 is 10.6 Å². The fourth-order valence-corrected chi connectivity index (χ4v) is 2.25. The Balaban J connectivity index is 1.92. The standard InChI is InChI=1S/C15H20N2O/c1-2-13-9-5-6-10-14(13)17-15(18)16-11-12-7-3-4-8-12/h5-6,9-11H,2-4,7-8H2,1H3,(H2,16,17,18). The first kappa shape index (κ1) is 12.7. The number of allylic oxidation sites excluding steroid dienone is 1. The molecular formula is C15H20N2O. The Labute approximate surface area is 108 Å². The van der Waals surface area contributed by atoms with Gasteiger partial charge >= 0.3 is 6.03 Å². The van der Waals surface area contributed by atoms with Gasteiger partial charge in [0.1, 0.15) is 0 Å². The molecule has 3 heteroatoms. The molecule has 0 radical (unpaired) electrons. The number of carbonyl (C=O) groups excluding carboxylic acids is 1. The molecule has 1 aromatic carbocycles. The van der Waals surface area contributed by atoms with E-state index in [0.717, 1.165) is 30.5 Å². The second kappa shape index (κ2) is 6.24. The molecule has 0 aromatic heterocycles. The van der Waals surface area contributed by atoms with Gasteiger partial charge in [0.05, 0.1) is 0 Å². The van der Waals surface area contributed by atoms with E-state index in [1.54, 1.807) is 0 Å². The van der Waals surface area contributed by atoms with Gasteiger partial charge in [-0.25, -0.2) is 4.79 Å². The Morgan fingerprint density at radius 2 is 2.00 bits per heavy atom. The number of urea groups is 1. The summed E-state index contributed by atoms with van der Waals surface area (Å²) >= 11 is 0. The average molecular weight is 244 g/mol. The number of para-hydroxylation sites is 1. The number of benzene rings is 1. The fraction of sp³-hybridized carbons (Fsp3) is 0.400. The molecule has 2 N–H and O–H groups in total. The SMILES string of the molecule is CCc1ccccc1NC(=O)NC=C1CCCC1. The second-order valence-corrected chi connectivity index (χ2v) is 4.62. The van der Waals surface area contributed by atoms with Crippen LogP contribution in [0.25, 0.3) is 0 Å². The molecule has 1 fully saturated rings. The van der Waals surface area contributed by atoms with Crippen LogP contribution in [0, 0.1) is 0 Å². The zero-order valence-corrected chi connectivity index (χ0v) is 10.8. The number of hydrogen-bond acceptors (Lipinski definition) is 1. The molecule has 0 spiro atoms. The van der Waals surface area contributed by atoms with Crippen molar-refractivity contribution in [2.75, 3.05) is 5.32 Å². The van der Waals surface area contributed by atoms with Gasteiger partial charge in [-0.1, -0.05) is 30.7 Å². The number of hydrogen-bond donors (Lipinski definition) is 2. The summed E-state index contributed by atoms with van der Waals surface area (Å²) in [6, 6.07) is 7.73. The van der Waals surface area contributed by atoms with Crippen molar-refractivity contribution in [1.29, 1.82) is 0 Å². The van der Waals surface area contributed by atoms with Crippen molar-refractivity contribution in [3.63, 3.8) is 0 Å². The van der Waals surface area contributed by atoms with E-state index in [-0.39, 0.29) is 6.03 Å². The number of amides is 2. The molecular weight excluding hydrogens is 224 g/mol. The zero-order valence-electron chi connectivity index (χ0n) is 10.8. The van der Waals surface area contributed by atoms with Crippen LogP contribution in [0.4, 0.5) is 10.5 Å². The van der Waals surface area contributed by atoms with Gasteiger partial charge in [-0.15, -0.1) is 0 Å². The maximum Gasteiger partial charge on any atom is 0.323 e. The summed E-state index contributed by atoms with van der Waals surface area (Å²) in [4.78, 5) is 11.8. The predicted molar refractivity (Wildman–Crippen MR) is 74.5 cm³/mol. The van der Waals surface area contributed by atoms with Gasteiger partial charge in [-0.05, 0) is 43.7 Å². The van der Waals surface area contributed by atoms with Crippen molar-refractivity contribution in [2.24, 2.45) is 0 Å². The van der Waals surface area contributed by atoms with Gasteiger partial charge in [0, 0.05) is 11.9 Å². The molecule has 0 saturated heterocycles. The molecule has 18 heavy (non-hydrogen) atoms. The van der Waals surface area contributed by atoms with E-state index in [9.17, 15) is 4.79 Å². The van der Waals surface area contributed by atoms with Crippen LogP contribution in [0.15, 0.2) is 36.0 Å². The van der Waals surface area contributed by atoms with E-state index in [1.807, 2.05) is 30.5 Å². The number of aryl methyl sites for hydroxylation is 1. The quantitative estimate of drug-likeness (QED) is 0.833. The average Bonchev–Trinajstić information content (AvgIpc) is 2.90. The van der Waals surface area contributed by atoms with Gasteiger partial charge in [-0.3, -0.25) is 0 Å². The van der Waals surface area contributed by atoms with E-state index >= 15 is 0 Å². The monoisotopic (exact) mass is 244 g/mol.